The van der Waals surface area contributed by atoms with E-state index in [2.05, 4.69) is 0 Å². The van der Waals surface area contributed by atoms with Crippen molar-refractivity contribution in [2.24, 2.45) is 0 Å². The summed E-state index contributed by atoms with van der Waals surface area (Å²) in [5.41, 5.74) is 2.18. The van der Waals surface area contributed by atoms with Crippen molar-refractivity contribution in [2.75, 3.05) is 4.90 Å². The van der Waals surface area contributed by atoms with Crippen molar-refractivity contribution in [1.29, 1.82) is 0 Å². The van der Waals surface area contributed by atoms with E-state index in [0.29, 0.717) is 6.54 Å². The maximum Gasteiger partial charge on any atom is -0.693 e. The Morgan fingerprint density at radius 2 is 1.58 bits per heavy atom. The molecule has 0 saturated carbocycles. The molecule has 0 saturated heterocycles. The molecule has 0 bridgehead atoms. The van der Waals surface area contributed by atoms with Gasteiger partial charge >= 0.3 is 115 Å². The molecular weight excluding hydrogens is 282 g/mol. The van der Waals surface area contributed by atoms with E-state index in [-0.39, 0.29) is 11.8 Å². The normalized spacial score (nSPS) is 13.3. The Bertz CT molecular complexity index is 623. The van der Waals surface area contributed by atoms with Crippen molar-refractivity contribution in [3.05, 3.63) is 71.4 Å². The third-order valence-corrected chi connectivity index (χ3v) is 3.92. The number of halogens is 2. The van der Waals surface area contributed by atoms with Crippen LogP contribution < -0.4 is 4.90 Å². The fourth-order valence-electron chi connectivity index (χ4n) is 2.22. The van der Waals surface area contributed by atoms with Gasteiger partial charge in [-0.1, -0.05) is 0 Å². The van der Waals surface area contributed by atoms with Gasteiger partial charge in [-0.05, 0) is 0 Å². The van der Waals surface area contributed by atoms with E-state index >= 15 is 0 Å². The Kier molecular flexibility index (Phi) is 3.95. The fourth-order valence-corrected chi connectivity index (χ4v) is 2.90. The number of nitrogens with two attached hydrogens (primary N) is 1. The van der Waals surface area contributed by atoms with Crippen molar-refractivity contribution in [3.63, 3.8) is 0 Å². The van der Waals surface area contributed by atoms with Gasteiger partial charge in [-0.3, -0.25) is 0 Å². The second kappa shape index (κ2) is 5.33. The van der Waals surface area contributed by atoms with Crippen molar-refractivity contribution < 1.29 is 28.8 Å². The Morgan fingerprint density at radius 1 is 0.947 bits per heavy atom. The zero-order chi connectivity index (χ0) is 12.7. The van der Waals surface area contributed by atoms with Crippen molar-refractivity contribution in [2.45, 2.75) is 6.54 Å². The van der Waals surface area contributed by atoms with Gasteiger partial charge in [-0.2, -0.15) is 0 Å². The van der Waals surface area contributed by atoms with Crippen LogP contribution in [-0.2, 0) is 26.5 Å². The van der Waals surface area contributed by atoms with E-state index in [0.717, 1.165) is 15.1 Å². The first kappa shape index (κ1) is 14.1. The summed E-state index contributed by atoms with van der Waals surface area (Å²) in [6.45, 7) is 0.514. The van der Waals surface area contributed by atoms with Gasteiger partial charge in [0.1, 0.15) is 0 Å². The SMILES string of the molecule is Fc1cccc(F)c1N1Cc2ccccc2[C]1=[Ti+].[NH2-]. The standard InChI is InChI=1S/C14H9F2N.H2N.Ti/c15-12-6-3-7-13(16)14(12)17-8-10-4-1-2-5-11(10)9-17;;/h1-7H,8H2;1H2;/q;-1;+1. The summed E-state index contributed by atoms with van der Waals surface area (Å²) in [6, 6.07) is 11.8. The second-order valence-corrected chi connectivity index (χ2v) is 4.90. The minimum atomic E-state index is -0.526. The smallest absolute Gasteiger partial charge is 0.693 e. The predicted molar refractivity (Wildman–Crippen MR) is 68.4 cm³/mol. The number of benzene rings is 2. The Balaban J connectivity index is 0.00000133. The van der Waals surface area contributed by atoms with Crippen LogP contribution in [0.15, 0.2) is 42.5 Å². The fraction of sp³-hybridized carbons (Fsp3) is 0.0714. The van der Waals surface area contributed by atoms with Crippen LogP contribution in [0.3, 0.4) is 0 Å². The maximum atomic E-state index is 13.8. The number of nitrogens with zero attached hydrogens (tertiary/aromatic N) is 1. The average Bonchev–Trinajstić information content (AvgIpc) is 2.68. The van der Waals surface area contributed by atoms with Crippen molar-refractivity contribution >= 4 is 9.62 Å². The van der Waals surface area contributed by atoms with Crippen LogP contribution in [0.25, 0.3) is 6.15 Å². The molecule has 0 unspecified atom stereocenters. The molecule has 0 atom stereocenters. The second-order valence-electron chi connectivity index (χ2n) is 4.16. The van der Waals surface area contributed by atoms with Crippen LogP contribution in [0, 0.1) is 11.6 Å². The van der Waals surface area contributed by atoms with Gasteiger partial charge in [0.05, 0.1) is 0 Å². The zero-order valence-electron chi connectivity index (χ0n) is 10.0. The van der Waals surface area contributed by atoms with E-state index in [4.69, 9.17) is 0 Å². The molecule has 0 aliphatic carbocycles. The molecule has 0 radical (unpaired) electrons. The molecule has 0 spiro atoms. The molecule has 2 N–H and O–H groups in total. The van der Waals surface area contributed by atoms with Gasteiger partial charge in [0.15, 0.2) is 0 Å². The van der Waals surface area contributed by atoms with Crippen molar-refractivity contribution in [3.8, 4) is 0 Å². The Labute approximate surface area is 121 Å². The topological polar surface area (TPSA) is 36.7 Å². The summed E-state index contributed by atoms with van der Waals surface area (Å²) < 4.78 is 28.5. The van der Waals surface area contributed by atoms with Gasteiger partial charge in [-0.15, -0.1) is 0 Å². The maximum absolute atomic E-state index is 13.8. The van der Waals surface area contributed by atoms with E-state index < -0.39 is 11.6 Å². The van der Waals surface area contributed by atoms with Gasteiger partial charge in [0.2, 0.25) is 0 Å². The minimum absolute atomic E-state index is 0. The summed E-state index contributed by atoms with van der Waals surface area (Å²) in [7, 11) is 0. The van der Waals surface area contributed by atoms with Gasteiger partial charge in [0, 0.05) is 0 Å². The molecule has 2 aromatic rings. The molecule has 3 rings (SSSR count). The van der Waals surface area contributed by atoms with E-state index in [1.54, 1.807) is 4.90 Å². The molecular formula is C14H11F2N2Ti. The van der Waals surface area contributed by atoms with E-state index in [1.807, 2.05) is 44.2 Å². The zero-order valence-corrected chi connectivity index (χ0v) is 11.6. The number of rotatable bonds is 1. The quantitative estimate of drug-likeness (QED) is 0.738. The number of fused-ring (bicyclic) bond motifs is 1. The molecule has 0 aromatic heterocycles. The molecule has 19 heavy (non-hydrogen) atoms. The van der Waals surface area contributed by atoms with Gasteiger partial charge < -0.3 is 6.15 Å². The summed E-state index contributed by atoms with van der Waals surface area (Å²) in [4.78, 5) is 1.69. The molecule has 1 aliphatic heterocycles. The van der Waals surface area contributed by atoms with Crippen LogP contribution in [0.5, 0.6) is 0 Å². The van der Waals surface area contributed by atoms with E-state index in [1.165, 1.54) is 18.2 Å². The average molecular weight is 293 g/mol. The molecule has 0 amide bonds. The number of anilines is 1. The molecule has 1 heterocycles. The molecule has 5 heteroatoms. The van der Waals surface area contributed by atoms with Crippen molar-refractivity contribution in [1.82, 2.24) is 0 Å². The molecule has 0 fully saturated rings. The largest absolute Gasteiger partial charge is 0.693 e. The predicted octanol–water partition coefficient (Wildman–Crippen LogP) is 3.73. The third kappa shape index (κ3) is 2.27. The monoisotopic (exact) mass is 293 g/mol. The molecule has 95 valence electrons. The number of hydrogen-bond acceptors (Lipinski definition) is 1. The number of hydrogen-bond donors (Lipinski definition) is 0. The number of para-hydroxylation sites is 1. The van der Waals surface area contributed by atoms with Gasteiger partial charge in [-0.25, -0.2) is 0 Å². The third-order valence-electron chi connectivity index (χ3n) is 3.08. The first-order valence-electron chi connectivity index (χ1n) is 5.57. The summed E-state index contributed by atoms with van der Waals surface area (Å²) in [5.74, 6) is -1.05. The van der Waals surface area contributed by atoms with Gasteiger partial charge in [0.25, 0.3) is 0 Å². The first-order chi connectivity index (χ1) is 8.68. The Morgan fingerprint density at radius 3 is 2.21 bits per heavy atom. The first-order valence-corrected chi connectivity index (χ1v) is 6.35. The Hall–Kier alpha value is -1.36. The molecule has 2 nitrogen and oxygen atoms in total. The summed E-state index contributed by atoms with van der Waals surface area (Å²) >= 11 is 1.89. The van der Waals surface area contributed by atoms with Crippen LogP contribution >= 0.6 is 0 Å². The van der Waals surface area contributed by atoms with E-state index in [9.17, 15) is 8.78 Å². The molecule has 1 aliphatic rings. The van der Waals surface area contributed by atoms with Crippen LogP contribution in [0.4, 0.5) is 14.5 Å². The molecule has 2 aromatic carbocycles. The van der Waals surface area contributed by atoms with Crippen LogP contribution in [-0.4, -0.2) is 3.94 Å². The summed E-state index contributed by atoms with van der Waals surface area (Å²) in [6.07, 6.45) is 0. The van der Waals surface area contributed by atoms with Crippen LogP contribution in [0.2, 0.25) is 0 Å². The minimum Gasteiger partial charge on any atom is -0.693 e. The van der Waals surface area contributed by atoms with Crippen LogP contribution in [0.1, 0.15) is 11.1 Å². The summed E-state index contributed by atoms with van der Waals surface area (Å²) in [5, 5.41) is 0.